The summed E-state index contributed by atoms with van der Waals surface area (Å²) in [7, 11) is -1.49. The molecule has 0 aromatic heterocycles. The van der Waals surface area contributed by atoms with Gasteiger partial charge in [-0.25, -0.2) is 4.67 Å². The summed E-state index contributed by atoms with van der Waals surface area (Å²) < 4.78 is 22.8. The van der Waals surface area contributed by atoms with E-state index >= 15 is 0 Å². The molecule has 0 fully saturated rings. The summed E-state index contributed by atoms with van der Waals surface area (Å²) in [6.07, 6.45) is 80.2. The van der Waals surface area contributed by atoms with Gasteiger partial charge in [0, 0.05) is 88.3 Å². The highest BCUT2D eigenvalue weighted by atomic mass is 35.5. The second kappa shape index (κ2) is 105. The quantitative estimate of drug-likeness (QED) is 0.00749. The lowest BCUT2D eigenvalue weighted by Gasteiger charge is -2.37. The van der Waals surface area contributed by atoms with Gasteiger partial charge >= 0.3 is 0 Å². The molecule has 0 aliphatic carbocycles. The van der Waals surface area contributed by atoms with Crippen molar-refractivity contribution in [3.8, 4) is 40.9 Å². The summed E-state index contributed by atoms with van der Waals surface area (Å²) in [6.45, 7) is 20.7. The molecule has 0 aromatic rings. The van der Waals surface area contributed by atoms with E-state index in [2.05, 4.69) is 131 Å². The first-order valence-electron chi connectivity index (χ1n) is 48.4. The van der Waals surface area contributed by atoms with Gasteiger partial charge in [0.2, 0.25) is 23.6 Å². The van der Waals surface area contributed by atoms with Gasteiger partial charge in [-0.15, -0.1) is 8.77 Å². The van der Waals surface area contributed by atoms with Crippen LogP contribution in [0.2, 0.25) is 0 Å². The van der Waals surface area contributed by atoms with Crippen LogP contribution in [-0.2, 0) is 37.0 Å². The molecule has 0 rings (SSSR count). The lowest BCUT2D eigenvalue weighted by Crippen LogP contribution is -2.43. The van der Waals surface area contributed by atoms with E-state index in [1.165, 1.54) is 334 Å². The van der Waals surface area contributed by atoms with Crippen LogP contribution in [0.1, 0.15) is 486 Å². The van der Waals surface area contributed by atoms with Crippen molar-refractivity contribution < 1.29 is 52.3 Å². The fourth-order valence-electron chi connectivity index (χ4n) is 13.8. The first-order valence-corrected chi connectivity index (χ1v) is 50.6. The fraction of sp³-hybridized carbons (Fsp3) is 0.887. The molecule has 0 heterocycles. The van der Waals surface area contributed by atoms with Crippen LogP contribution in [0.4, 0.5) is 0 Å². The predicted molar refractivity (Wildman–Crippen MR) is 500 cm³/mol. The zero-order valence-corrected chi connectivity index (χ0v) is 79.6. The minimum Gasteiger partial charge on any atom is -0.396 e. The Balaban J connectivity index is -0.000000934. The zero-order chi connectivity index (χ0) is 86.7. The molecule has 20 heteroatoms. The average molecular weight is 1710 g/mol. The van der Waals surface area contributed by atoms with Crippen molar-refractivity contribution in [2.75, 3.05) is 46.0 Å². The van der Waals surface area contributed by atoms with Crippen LogP contribution in [-0.4, -0.2) is 114 Å². The minimum absolute atomic E-state index is 0.00266. The molecule has 686 valence electrons. The number of nitriles is 1. The van der Waals surface area contributed by atoms with Crippen molar-refractivity contribution in [1.29, 1.82) is 5.26 Å². The molecule has 0 bridgehead atoms. The molecular formula is C97H184ClN6O11PS. The summed E-state index contributed by atoms with van der Waals surface area (Å²) in [4.78, 5) is 50.0. The highest BCUT2D eigenvalue weighted by Gasteiger charge is 2.30. The van der Waals surface area contributed by atoms with Crippen LogP contribution in [0.3, 0.4) is 0 Å². The molecule has 1 unspecified atom stereocenters. The molecule has 1 atom stereocenters. The number of nitrogens with zero attached hydrogens (tertiary/aromatic N) is 2. The topological polar surface area (TPSA) is 241 Å². The van der Waals surface area contributed by atoms with E-state index in [0.29, 0.717) is 45.2 Å². The van der Waals surface area contributed by atoms with E-state index < -0.39 is 20.7 Å². The lowest BCUT2D eigenvalue weighted by molar-refractivity contribution is -0.123. The predicted octanol–water partition coefficient (Wildman–Crippen LogP) is 26.6. The Labute approximate surface area is 732 Å². The van der Waals surface area contributed by atoms with E-state index in [9.17, 15) is 24.3 Å². The number of amides is 4. The molecule has 0 aliphatic rings. The van der Waals surface area contributed by atoms with Crippen molar-refractivity contribution in [1.82, 2.24) is 25.9 Å². The number of nitrogens with one attached hydrogen (secondary N) is 4. The van der Waals surface area contributed by atoms with Crippen molar-refractivity contribution in [3.63, 3.8) is 0 Å². The number of hydrogen-bond donors (Lipinski definition) is 7. The van der Waals surface area contributed by atoms with Crippen LogP contribution in [0.15, 0.2) is 0 Å². The second-order valence-electron chi connectivity index (χ2n) is 32.8. The van der Waals surface area contributed by atoms with Crippen molar-refractivity contribution in [3.05, 3.63) is 0 Å². The molecular weight excluding hydrogens is 1520 g/mol. The molecule has 4 amide bonds. The van der Waals surface area contributed by atoms with Gasteiger partial charge in [0.05, 0.1) is 25.2 Å². The summed E-state index contributed by atoms with van der Waals surface area (Å²) >= 11 is 5.44. The number of rotatable bonds is 84. The molecule has 0 saturated heterocycles. The molecule has 0 saturated carbocycles. The van der Waals surface area contributed by atoms with Gasteiger partial charge in [-0.05, 0) is 84.5 Å². The molecule has 0 spiro atoms. The molecule has 17 nitrogen and oxygen atoms in total. The number of aliphatic hydroxyl groups is 3. The third kappa shape index (κ3) is 103. The summed E-state index contributed by atoms with van der Waals surface area (Å²) in [6, 6.07) is 2.49. The molecule has 117 heavy (non-hydrogen) atoms. The first kappa shape index (κ1) is 120. The van der Waals surface area contributed by atoms with Crippen LogP contribution in [0.5, 0.6) is 0 Å². The van der Waals surface area contributed by atoms with Gasteiger partial charge in [0.25, 0.3) is 8.53 Å². The molecule has 0 aromatic carbocycles. The van der Waals surface area contributed by atoms with Gasteiger partial charge in [-0.1, -0.05) is 393 Å². The van der Waals surface area contributed by atoms with Crippen molar-refractivity contribution in [2.24, 2.45) is 0 Å². The highest BCUT2D eigenvalue weighted by Crippen LogP contribution is 2.47. The maximum Gasteiger partial charge on any atom is 0.259 e. The molecule has 0 radical (unpaired) electrons. The Kier molecular flexibility index (Phi) is 108. The zero-order valence-electron chi connectivity index (χ0n) is 77.2. The number of unbranched alkanes of at least 4 members (excludes halogenated alkanes) is 56. The SMILES string of the molecule is CC#CC#CC#CSOOCl.CCCCCCCCCCCCCCCCCC(=O)NCC(CNC(=O)CCCCCCCCCCCCCCCCC)OP(OCCC#N)N(C(C)C)C(C)C.CCCCCCCCCCCCCCCCCC(=O)NCC(O)CNC(=O)CCCCCCCCCCCCCCCCC.OCCCO. The van der Waals surface area contributed by atoms with E-state index in [4.69, 9.17) is 36.4 Å². The Morgan fingerprint density at radius 1 is 0.385 bits per heavy atom. The van der Waals surface area contributed by atoms with Crippen molar-refractivity contribution in [2.45, 2.75) is 510 Å². The largest absolute Gasteiger partial charge is 0.396 e. The third-order valence-electron chi connectivity index (χ3n) is 20.8. The normalized spacial score (nSPS) is 11.2. The van der Waals surface area contributed by atoms with Crippen LogP contribution >= 0.6 is 32.4 Å². The number of carbonyl (C=O) groups is 4. The maximum absolute atomic E-state index is 12.9. The van der Waals surface area contributed by atoms with Gasteiger partial charge < -0.3 is 45.6 Å². The standard InChI is InChI=1S/C48H95N4O4P.C39H78N2O3.C7H3ClO2S.C3H8O2/c1-7-9-11-13-15-17-19-21-23-25-27-29-31-33-35-38-47(53)50-42-46(56-57(55-41-37-40-49)52(44(3)4)45(5)6)43-51-48(54)39-36-34-32-30-28-26-24-22-20-18-16-14-12-10-8-2;1-3-5-7-9-11-13-15-17-19-21-23-25-27-29-31-33-38(43)40-35-37(42)36-41-39(44)34-32-30-28-26-24-22-20-18-16-14-12-10-8-6-4-2;1-2-3-4-5-6-7-11-10-9-8;4-2-1-3-5/h44-46H,7-39,41-43H2,1-6H3,(H,50,53)(H,51,54);37,42H,3-36H2,1-2H3,(H,40,43)(H,41,44);1H3;4-5H,1-3H2. The Hall–Kier alpha value is -3.20. The third-order valence-corrected chi connectivity index (χ3v) is 23.5. The van der Waals surface area contributed by atoms with Gasteiger partial charge in [-0.3, -0.25) is 19.2 Å². The smallest absolute Gasteiger partial charge is 0.259 e. The van der Waals surface area contributed by atoms with Crippen LogP contribution in [0.25, 0.3) is 0 Å². The number of halogens is 1. The highest BCUT2D eigenvalue weighted by molar-refractivity contribution is 7.99. The molecule has 7 N–H and O–H groups in total. The summed E-state index contributed by atoms with van der Waals surface area (Å²) in [5.41, 5.74) is 0. The number of hydrogen-bond acceptors (Lipinski definition) is 14. The Bertz CT molecular complexity index is 2220. The number of carbonyl (C=O) groups excluding carboxylic acids is 4. The maximum atomic E-state index is 12.9. The van der Waals surface area contributed by atoms with Crippen LogP contribution in [0, 0.1) is 46.2 Å². The molecule has 0 aliphatic heterocycles. The average Bonchev–Trinajstić information content (AvgIpc) is 0.862. The van der Waals surface area contributed by atoms with E-state index in [0.717, 1.165) is 63.4 Å². The van der Waals surface area contributed by atoms with Gasteiger partial charge in [0.1, 0.15) is 30.0 Å². The second-order valence-corrected chi connectivity index (χ2v) is 34.8. The Morgan fingerprint density at radius 2 is 0.632 bits per heavy atom. The van der Waals surface area contributed by atoms with E-state index in [1.807, 2.05) is 0 Å². The van der Waals surface area contributed by atoms with Gasteiger partial charge in [-0.2, -0.15) is 5.26 Å². The summed E-state index contributed by atoms with van der Waals surface area (Å²) in [5, 5.41) is 49.3. The fourth-order valence-corrected chi connectivity index (χ4v) is 15.8. The van der Waals surface area contributed by atoms with Crippen LogP contribution < -0.4 is 21.3 Å². The van der Waals surface area contributed by atoms with Crippen molar-refractivity contribution >= 4 is 56.1 Å². The van der Waals surface area contributed by atoms with Gasteiger partial charge in [0.15, 0.2) is 0 Å². The van der Waals surface area contributed by atoms with E-state index in [-0.39, 0.29) is 75.0 Å². The lowest BCUT2D eigenvalue weighted by atomic mass is 10.0. The first-order chi connectivity index (χ1) is 57.2. The Morgan fingerprint density at radius 3 is 0.855 bits per heavy atom. The summed E-state index contributed by atoms with van der Waals surface area (Å²) in [5.74, 6) is 12.6. The number of aliphatic hydroxyl groups excluding tert-OH is 3. The van der Waals surface area contributed by atoms with E-state index in [1.54, 1.807) is 6.92 Å². The minimum atomic E-state index is -1.49. The monoisotopic (exact) mass is 1710 g/mol.